The Bertz CT molecular complexity index is 685. The van der Waals surface area contributed by atoms with Crippen LogP contribution >= 0.6 is 27.5 Å². The Hall–Kier alpha value is -1.04. The second kappa shape index (κ2) is 3.48. The van der Waals surface area contributed by atoms with E-state index in [1.807, 2.05) is 22.6 Å². The molecule has 3 rings (SSSR count). The van der Waals surface area contributed by atoms with Crippen molar-refractivity contribution in [3.63, 3.8) is 0 Å². The zero-order chi connectivity index (χ0) is 11.3. The summed E-state index contributed by atoms with van der Waals surface area (Å²) in [5, 5.41) is 0.684. The number of H-pyrrole nitrogens is 1. The van der Waals surface area contributed by atoms with Crippen LogP contribution in [0.5, 0.6) is 0 Å². The van der Waals surface area contributed by atoms with Crippen molar-refractivity contribution >= 4 is 44.3 Å². The first-order valence-corrected chi connectivity index (χ1v) is 5.92. The minimum Gasteiger partial charge on any atom is -0.325 e. The molecule has 3 N–H and O–H groups in total. The van der Waals surface area contributed by atoms with Crippen molar-refractivity contribution in [1.82, 2.24) is 14.4 Å². The number of rotatable bonds is 1. The van der Waals surface area contributed by atoms with E-state index in [2.05, 4.69) is 25.9 Å². The number of fused-ring (bicyclic) bond motifs is 3. The van der Waals surface area contributed by atoms with E-state index in [1.165, 1.54) is 0 Å². The summed E-state index contributed by atoms with van der Waals surface area (Å²) in [6, 6.07) is 5.63. The highest BCUT2D eigenvalue weighted by molar-refractivity contribution is 9.10. The van der Waals surface area contributed by atoms with Crippen molar-refractivity contribution in [2.75, 3.05) is 0 Å². The van der Waals surface area contributed by atoms with Crippen LogP contribution in [0.1, 0.15) is 5.69 Å². The monoisotopic (exact) mass is 298 g/mol. The van der Waals surface area contributed by atoms with Crippen LogP contribution in [0.3, 0.4) is 0 Å². The van der Waals surface area contributed by atoms with Crippen LogP contribution in [0.4, 0.5) is 0 Å². The normalized spacial score (nSPS) is 11.7. The molecule has 0 saturated heterocycles. The number of hydrogen-bond donors (Lipinski definition) is 2. The van der Waals surface area contributed by atoms with Gasteiger partial charge in [-0.1, -0.05) is 11.6 Å². The van der Waals surface area contributed by atoms with Crippen molar-refractivity contribution in [1.29, 1.82) is 0 Å². The maximum Gasteiger partial charge on any atom is 0.213 e. The Balaban J connectivity index is 2.46. The highest BCUT2D eigenvalue weighted by Crippen LogP contribution is 2.26. The van der Waals surface area contributed by atoms with E-state index in [0.29, 0.717) is 11.6 Å². The second-order valence-electron chi connectivity index (χ2n) is 3.50. The summed E-state index contributed by atoms with van der Waals surface area (Å²) < 4.78 is 2.89. The van der Waals surface area contributed by atoms with Gasteiger partial charge in [-0.05, 0) is 34.1 Å². The third-order valence-corrected chi connectivity index (χ3v) is 3.60. The number of hydrogen-bond acceptors (Lipinski definition) is 2. The maximum absolute atomic E-state index is 5.92. The molecule has 2 heterocycles. The van der Waals surface area contributed by atoms with Crippen LogP contribution in [0.2, 0.25) is 5.02 Å². The van der Waals surface area contributed by atoms with Gasteiger partial charge in [0, 0.05) is 11.6 Å². The van der Waals surface area contributed by atoms with Crippen molar-refractivity contribution in [3.8, 4) is 0 Å². The largest absolute Gasteiger partial charge is 0.325 e. The van der Waals surface area contributed by atoms with Gasteiger partial charge < -0.3 is 10.7 Å². The highest BCUT2D eigenvalue weighted by atomic mass is 79.9. The molecule has 0 aliphatic heterocycles. The lowest BCUT2D eigenvalue weighted by Gasteiger charge is -1.95. The summed E-state index contributed by atoms with van der Waals surface area (Å²) in [4.78, 5) is 7.60. The minimum absolute atomic E-state index is 0.443. The van der Waals surface area contributed by atoms with Crippen LogP contribution in [0.25, 0.3) is 16.8 Å². The van der Waals surface area contributed by atoms with Crippen molar-refractivity contribution in [2.24, 2.45) is 5.73 Å². The molecule has 0 radical (unpaired) electrons. The van der Waals surface area contributed by atoms with Crippen LogP contribution in [-0.2, 0) is 6.54 Å². The number of halogens is 2. The van der Waals surface area contributed by atoms with Gasteiger partial charge in [-0.15, -0.1) is 0 Å². The first kappa shape index (κ1) is 10.1. The first-order chi connectivity index (χ1) is 7.70. The number of aromatic nitrogens is 3. The number of nitrogens with one attached hydrogen (secondary N) is 1. The molecule has 0 bridgehead atoms. The Morgan fingerprint density at radius 2 is 2.31 bits per heavy atom. The third-order valence-electron chi connectivity index (χ3n) is 2.53. The average molecular weight is 300 g/mol. The predicted octanol–water partition coefficient (Wildman–Crippen LogP) is 2.69. The molecule has 82 valence electrons. The Labute approximate surface area is 105 Å². The fourth-order valence-electron chi connectivity index (χ4n) is 1.79. The summed E-state index contributed by atoms with van der Waals surface area (Å²) in [6.07, 6.45) is 0. The molecule has 4 nitrogen and oxygen atoms in total. The fraction of sp³-hybridized carbons (Fsp3) is 0.100. The molecular formula is C10H8BrClN4. The van der Waals surface area contributed by atoms with Gasteiger partial charge >= 0.3 is 0 Å². The van der Waals surface area contributed by atoms with Crippen LogP contribution in [-0.4, -0.2) is 14.4 Å². The zero-order valence-electron chi connectivity index (χ0n) is 8.17. The fourth-order valence-corrected chi connectivity index (χ4v) is 2.58. The summed E-state index contributed by atoms with van der Waals surface area (Å²) in [5.74, 6) is 0.768. The molecule has 16 heavy (non-hydrogen) atoms. The average Bonchev–Trinajstić information content (AvgIpc) is 2.75. The first-order valence-electron chi connectivity index (χ1n) is 4.75. The number of imidazole rings is 2. The Kier molecular flexibility index (Phi) is 2.20. The molecule has 0 fully saturated rings. The smallest absolute Gasteiger partial charge is 0.213 e. The molecule has 0 unspecified atom stereocenters. The predicted molar refractivity (Wildman–Crippen MR) is 67.7 cm³/mol. The lowest BCUT2D eigenvalue weighted by molar-refractivity contribution is 1.00. The molecule has 0 saturated carbocycles. The van der Waals surface area contributed by atoms with Crippen molar-refractivity contribution < 1.29 is 0 Å². The van der Waals surface area contributed by atoms with E-state index in [-0.39, 0.29) is 0 Å². The third kappa shape index (κ3) is 1.29. The molecule has 3 aromatic rings. The summed E-state index contributed by atoms with van der Waals surface area (Å²) in [6.45, 7) is 0.443. The molecule has 2 aromatic heterocycles. The van der Waals surface area contributed by atoms with E-state index in [9.17, 15) is 0 Å². The standard InChI is InChI=1S/C10H8BrClN4/c11-9-7(4-13)15-10-14-6-3-5(12)1-2-8(6)16(9)10/h1-3H,4,13H2,(H,14,15). The Morgan fingerprint density at radius 3 is 3.06 bits per heavy atom. The van der Waals surface area contributed by atoms with Gasteiger partial charge in [0.2, 0.25) is 5.78 Å². The van der Waals surface area contributed by atoms with Gasteiger partial charge in [0.15, 0.2) is 0 Å². The molecule has 0 amide bonds. The number of nitrogens with two attached hydrogens (primary N) is 1. The van der Waals surface area contributed by atoms with E-state index in [4.69, 9.17) is 17.3 Å². The molecule has 0 atom stereocenters. The summed E-state index contributed by atoms with van der Waals surface area (Å²) in [7, 11) is 0. The number of benzene rings is 1. The van der Waals surface area contributed by atoms with Gasteiger partial charge in [0.25, 0.3) is 0 Å². The minimum atomic E-state index is 0.443. The molecule has 0 spiro atoms. The maximum atomic E-state index is 5.92. The van der Waals surface area contributed by atoms with Gasteiger partial charge in [0.1, 0.15) is 4.60 Å². The highest BCUT2D eigenvalue weighted by Gasteiger charge is 2.12. The quantitative estimate of drug-likeness (QED) is 0.726. The van der Waals surface area contributed by atoms with E-state index < -0.39 is 0 Å². The SMILES string of the molecule is NCc1[nH]c2nc3cc(Cl)ccc3n2c1Br. The van der Waals surface area contributed by atoms with Gasteiger partial charge in [-0.3, -0.25) is 4.40 Å². The van der Waals surface area contributed by atoms with E-state index >= 15 is 0 Å². The van der Waals surface area contributed by atoms with Gasteiger partial charge in [-0.2, -0.15) is 0 Å². The summed E-state index contributed by atoms with van der Waals surface area (Å²) >= 11 is 9.43. The second-order valence-corrected chi connectivity index (χ2v) is 4.69. The van der Waals surface area contributed by atoms with Gasteiger partial charge in [0.05, 0.1) is 16.7 Å². The topological polar surface area (TPSA) is 59.1 Å². The lowest BCUT2D eigenvalue weighted by atomic mass is 10.3. The number of nitrogens with zero attached hydrogens (tertiary/aromatic N) is 2. The summed E-state index contributed by atoms with van der Waals surface area (Å²) in [5.41, 5.74) is 8.41. The lowest BCUT2D eigenvalue weighted by Crippen LogP contribution is -1.97. The zero-order valence-corrected chi connectivity index (χ0v) is 10.5. The molecule has 0 aliphatic carbocycles. The van der Waals surface area contributed by atoms with E-state index in [1.54, 1.807) is 0 Å². The molecule has 6 heteroatoms. The van der Waals surface area contributed by atoms with Crippen molar-refractivity contribution in [2.45, 2.75) is 6.54 Å². The Morgan fingerprint density at radius 1 is 1.50 bits per heavy atom. The molecule has 0 aliphatic rings. The molecule has 1 aromatic carbocycles. The number of aromatic amines is 1. The molecular weight excluding hydrogens is 291 g/mol. The van der Waals surface area contributed by atoms with Crippen LogP contribution in [0.15, 0.2) is 22.8 Å². The van der Waals surface area contributed by atoms with Crippen LogP contribution in [0, 0.1) is 0 Å². The van der Waals surface area contributed by atoms with Crippen LogP contribution < -0.4 is 5.73 Å². The van der Waals surface area contributed by atoms with E-state index in [0.717, 1.165) is 27.1 Å². The van der Waals surface area contributed by atoms with Crippen molar-refractivity contribution in [3.05, 3.63) is 33.5 Å². The van der Waals surface area contributed by atoms with Gasteiger partial charge in [-0.25, -0.2) is 4.98 Å².